The van der Waals surface area contributed by atoms with E-state index < -0.39 is 29.0 Å². The summed E-state index contributed by atoms with van der Waals surface area (Å²) < 4.78 is 0. The molecule has 24 heavy (non-hydrogen) atoms. The van der Waals surface area contributed by atoms with E-state index in [9.17, 15) is 19.8 Å². The Bertz CT molecular complexity index is 735. The Kier molecular flexibility index (Phi) is 9.20. The molecule has 0 saturated carbocycles. The molecule has 0 saturated heterocycles. The Morgan fingerprint density at radius 1 is 0.875 bits per heavy atom. The fraction of sp³-hybridized carbons (Fsp3) is 0. The predicted molar refractivity (Wildman–Crippen MR) is 73.2 cm³/mol. The Balaban J connectivity index is 0. The first kappa shape index (κ1) is 22.6. The molecule has 114 valence electrons. The van der Waals surface area contributed by atoms with E-state index in [0.29, 0.717) is 0 Å². The molecular formula is C14H10N2Na2O6. The number of carboxylic acid groups (broad SMARTS) is 2. The number of hydrogen-bond donors (Lipinski definition) is 3. The van der Waals surface area contributed by atoms with Gasteiger partial charge in [0.1, 0.15) is 11.3 Å². The summed E-state index contributed by atoms with van der Waals surface area (Å²) in [5, 5.41) is 45.9. The van der Waals surface area contributed by atoms with Gasteiger partial charge in [-0.25, -0.2) is 9.59 Å². The maximum atomic E-state index is 11.3. The van der Waals surface area contributed by atoms with Crippen LogP contribution in [0, 0.1) is 0 Å². The SMILES string of the molecule is O=C(O)c1cc(N=Nc2ccc(O)c(C(=O)O)c2)ccc1[O-].[H-].[Na+].[Na+]. The molecule has 0 aliphatic carbocycles. The molecule has 2 aromatic carbocycles. The second-order valence-electron chi connectivity index (χ2n) is 4.19. The maximum Gasteiger partial charge on any atom is 1.00 e. The second kappa shape index (κ2) is 9.77. The molecule has 0 amide bonds. The van der Waals surface area contributed by atoms with Crippen molar-refractivity contribution in [2.75, 3.05) is 0 Å². The molecule has 0 atom stereocenters. The molecule has 0 aliphatic rings. The van der Waals surface area contributed by atoms with Crippen molar-refractivity contribution in [3.05, 3.63) is 47.5 Å². The number of azo groups is 1. The number of aromatic carboxylic acids is 2. The third-order valence-corrected chi connectivity index (χ3v) is 2.69. The van der Waals surface area contributed by atoms with Gasteiger partial charge in [0.05, 0.1) is 16.9 Å². The summed E-state index contributed by atoms with van der Waals surface area (Å²) >= 11 is 0. The number of rotatable bonds is 4. The summed E-state index contributed by atoms with van der Waals surface area (Å²) in [6.45, 7) is 0. The molecule has 10 heteroatoms. The van der Waals surface area contributed by atoms with Gasteiger partial charge in [-0.15, -0.1) is 0 Å². The largest absolute Gasteiger partial charge is 1.00 e. The van der Waals surface area contributed by atoms with Crippen LogP contribution in [0.25, 0.3) is 0 Å². The van der Waals surface area contributed by atoms with Crippen LogP contribution in [0.15, 0.2) is 46.6 Å². The van der Waals surface area contributed by atoms with Crippen LogP contribution in [0.1, 0.15) is 22.1 Å². The Morgan fingerprint density at radius 2 is 1.33 bits per heavy atom. The minimum atomic E-state index is -1.38. The second-order valence-corrected chi connectivity index (χ2v) is 4.19. The topological polar surface area (TPSA) is 143 Å². The van der Waals surface area contributed by atoms with E-state index in [1.807, 2.05) is 0 Å². The van der Waals surface area contributed by atoms with E-state index in [-0.39, 0.29) is 77.5 Å². The molecule has 0 radical (unpaired) electrons. The van der Waals surface area contributed by atoms with Gasteiger partial charge < -0.3 is 21.9 Å². The number of aromatic hydroxyl groups is 1. The van der Waals surface area contributed by atoms with E-state index in [0.717, 1.165) is 24.3 Å². The molecular weight excluding hydrogens is 338 g/mol. The summed E-state index contributed by atoms with van der Waals surface area (Å²) in [6, 6.07) is 7.01. The molecule has 0 aromatic heterocycles. The van der Waals surface area contributed by atoms with Crippen LogP contribution < -0.4 is 64.2 Å². The molecule has 0 aliphatic heterocycles. The summed E-state index contributed by atoms with van der Waals surface area (Å²) in [5.41, 5.74) is -0.494. The maximum absolute atomic E-state index is 11.3. The predicted octanol–water partition coefficient (Wildman–Crippen LogP) is -3.60. The summed E-state index contributed by atoms with van der Waals surface area (Å²) in [4.78, 5) is 21.7. The van der Waals surface area contributed by atoms with Gasteiger partial charge in [-0.1, -0.05) is 11.8 Å². The normalized spacial score (nSPS) is 9.83. The number of carboxylic acids is 2. The van der Waals surface area contributed by atoms with Crippen molar-refractivity contribution in [1.82, 2.24) is 0 Å². The zero-order valence-electron chi connectivity index (χ0n) is 13.9. The number of hydrogen-bond acceptors (Lipinski definition) is 6. The van der Waals surface area contributed by atoms with Crippen LogP contribution in [0.5, 0.6) is 11.5 Å². The third kappa shape index (κ3) is 5.59. The number of nitrogens with zero attached hydrogens (tertiary/aromatic N) is 2. The van der Waals surface area contributed by atoms with Crippen molar-refractivity contribution in [3.63, 3.8) is 0 Å². The van der Waals surface area contributed by atoms with Crippen LogP contribution in [0.3, 0.4) is 0 Å². The van der Waals surface area contributed by atoms with Crippen molar-refractivity contribution in [3.8, 4) is 11.5 Å². The molecule has 0 heterocycles. The molecule has 3 N–H and O–H groups in total. The van der Waals surface area contributed by atoms with E-state index in [1.165, 1.54) is 12.1 Å². The van der Waals surface area contributed by atoms with E-state index in [2.05, 4.69) is 10.2 Å². The number of benzene rings is 2. The van der Waals surface area contributed by atoms with Crippen LogP contribution in [-0.2, 0) is 0 Å². The third-order valence-electron chi connectivity index (χ3n) is 2.69. The van der Waals surface area contributed by atoms with Crippen molar-refractivity contribution in [2.45, 2.75) is 0 Å². The minimum Gasteiger partial charge on any atom is -1.00 e. The molecule has 2 rings (SSSR count). The van der Waals surface area contributed by atoms with Crippen molar-refractivity contribution < 1.29 is 90.6 Å². The Labute approximate surface area is 181 Å². The molecule has 2 aromatic rings. The van der Waals surface area contributed by atoms with Gasteiger partial charge >= 0.3 is 71.1 Å². The van der Waals surface area contributed by atoms with Crippen molar-refractivity contribution in [1.29, 1.82) is 0 Å². The van der Waals surface area contributed by atoms with Crippen LogP contribution in [0.4, 0.5) is 11.4 Å². The molecule has 0 unspecified atom stereocenters. The van der Waals surface area contributed by atoms with Gasteiger partial charge in [-0.05, 0) is 30.3 Å². The van der Waals surface area contributed by atoms with Crippen LogP contribution in [-0.4, -0.2) is 27.3 Å². The van der Waals surface area contributed by atoms with Gasteiger partial charge in [0.15, 0.2) is 0 Å². The summed E-state index contributed by atoms with van der Waals surface area (Å²) in [7, 11) is 0. The zero-order valence-corrected chi connectivity index (χ0v) is 16.9. The van der Waals surface area contributed by atoms with Gasteiger partial charge in [-0.3, -0.25) is 0 Å². The van der Waals surface area contributed by atoms with Gasteiger partial charge in [0.2, 0.25) is 0 Å². The first-order chi connectivity index (χ1) is 10.4. The van der Waals surface area contributed by atoms with E-state index >= 15 is 0 Å². The molecule has 0 spiro atoms. The zero-order chi connectivity index (χ0) is 16.3. The number of carbonyl (C=O) groups is 2. The summed E-state index contributed by atoms with van der Waals surface area (Å²) in [5.74, 6) is -3.75. The van der Waals surface area contributed by atoms with Gasteiger partial charge in [-0.2, -0.15) is 10.2 Å². The quantitative estimate of drug-likeness (QED) is 0.385. The number of phenols is 1. The Hall–Kier alpha value is -1.42. The average Bonchev–Trinajstić information content (AvgIpc) is 2.47. The monoisotopic (exact) mass is 348 g/mol. The molecule has 0 fully saturated rings. The van der Waals surface area contributed by atoms with Crippen LogP contribution in [0.2, 0.25) is 0 Å². The van der Waals surface area contributed by atoms with Crippen molar-refractivity contribution in [2.24, 2.45) is 10.2 Å². The summed E-state index contributed by atoms with van der Waals surface area (Å²) in [6.07, 6.45) is 0. The first-order valence-electron chi connectivity index (χ1n) is 5.91. The fourth-order valence-corrected chi connectivity index (χ4v) is 1.62. The minimum absolute atomic E-state index is 0. The first-order valence-corrected chi connectivity index (χ1v) is 5.91. The molecule has 8 nitrogen and oxygen atoms in total. The van der Waals surface area contributed by atoms with Crippen molar-refractivity contribution >= 4 is 23.3 Å². The van der Waals surface area contributed by atoms with E-state index in [1.54, 1.807) is 0 Å². The van der Waals surface area contributed by atoms with Gasteiger partial charge in [0.25, 0.3) is 0 Å². The standard InChI is InChI=1S/C14H10N2O6.2Na.H/c17-11-3-1-7(5-9(11)13(19)20)15-16-8-2-4-12(18)10(6-8)14(21)22;;;/h1-6,17-18H,(H,19,20)(H,21,22);;;/q;2*+1;-1/p-1. The van der Waals surface area contributed by atoms with Gasteiger partial charge in [0, 0.05) is 0 Å². The molecule has 0 bridgehead atoms. The van der Waals surface area contributed by atoms with Crippen LogP contribution >= 0.6 is 0 Å². The smallest absolute Gasteiger partial charge is 1.00 e. The Morgan fingerprint density at radius 3 is 1.83 bits per heavy atom. The fourth-order valence-electron chi connectivity index (χ4n) is 1.62. The van der Waals surface area contributed by atoms with E-state index in [4.69, 9.17) is 10.2 Å². The average molecular weight is 348 g/mol.